The minimum Gasteiger partial charge on any atom is -0.395 e. The number of rotatable bonds is 7. The van der Waals surface area contributed by atoms with E-state index >= 15 is 0 Å². The normalized spacial score (nSPS) is 12.8. The van der Waals surface area contributed by atoms with Gasteiger partial charge in [-0.05, 0) is 11.5 Å². The predicted molar refractivity (Wildman–Crippen MR) is 80.3 cm³/mol. The molecule has 1 aromatic carbocycles. The molecule has 2 rings (SSSR count). The highest BCUT2D eigenvalue weighted by molar-refractivity contribution is 5.15. The molecule has 1 atom stereocenters. The van der Waals surface area contributed by atoms with E-state index in [1.54, 1.807) is 0 Å². The summed E-state index contributed by atoms with van der Waals surface area (Å²) in [6.45, 7) is 5.89. The van der Waals surface area contributed by atoms with Gasteiger partial charge in [-0.1, -0.05) is 44.2 Å². The van der Waals surface area contributed by atoms with E-state index in [0.717, 1.165) is 18.7 Å². The van der Waals surface area contributed by atoms with E-state index in [-0.39, 0.29) is 12.6 Å². The first-order valence-electron chi connectivity index (χ1n) is 7.08. The maximum atomic E-state index is 9.29. The zero-order valence-electron chi connectivity index (χ0n) is 12.2. The standard InChI is InChI=1S/C16H23N3O/c1-13(2)16(12-20)17-8-15-9-18-19(11-15)10-14-6-4-3-5-7-14/h3-7,9,11,13,16-17,20H,8,10,12H2,1-2H3/t16-/m1/s1. The highest BCUT2D eigenvalue weighted by Gasteiger charge is 2.11. The molecule has 2 aromatic rings. The predicted octanol–water partition coefficient (Wildman–Crippen LogP) is 2.04. The summed E-state index contributed by atoms with van der Waals surface area (Å²) in [7, 11) is 0. The van der Waals surface area contributed by atoms with E-state index in [0.29, 0.717) is 5.92 Å². The van der Waals surface area contributed by atoms with Crippen LogP contribution in [-0.2, 0) is 13.1 Å². The smallest absolute Gasteiger partial charge is 0.0659 e. The van der Waals surface area contributed by atoms with Gasteiger partial charge in [0.05, 0.1) is 19.3 Å². The molecule has 0 aliphatic carbocycles. The lowest BCUT2D eigenvalue weighted by molar-refractivity contribution is 0.210. The molecule has 0 saturated heterocycles. The van der Waals surface area contributed by atoms with Crippen molar-refractivity contribution in [1.82, 2.24) is 15.1 Å². The summed E-state index contributed by atoms with van der Waals surface area (Å²) in [5.74, 6) is 0.416. The maximum absolute atomic E-state index is 9.29. The van der Waals surface area contributed by atoms with Crippen LogP contribution in [0.4, 0.5) is 0 Å². The van der Waals surface area contributed by atoms with E-state index in [1.165, 1.54) is 5.56 Å². The first kappa shape index (κ1) is 14.8. The summed E-state index contributed by atoms with van der Waals surface area (Å²) in [6.07, 6.45) is 3.93. The maximum Gasteiger partial charge on any atom is 0.0659 e. The van der Waals surface area contributed by atoms with Crippen LogP contribution in [0.5, 0.6) is 0 Å². The van der Waals surface area contributed by atoms with Crippen molar-refractivity contribution in [3.8, 4) is 0 Å². The van der Waals surface area contributed by atoms with Crippen molar-refractivity contribution in [2.45, 2.75) is 33.0 Å². The molecule has 1 heterocycles. The van der Waals surface area contributed by atoms with E-state index in [1.807, 2.05) is 29.1 Å². The number of nitrogens with zero attached hydrogens (tertiary/aromatic N) is 2. The van der Waals surface area contributed by atoms with Gasteiger partial charge in [0, 0.05) is 24.3 Å². The molecule has 0 aliphatic rings. The number of aromatic nitrogens is 2. The Morgan fingerprint density at radius 1 is 1.20 bits per heavy atom. The number of aliphatic hydroxyl groups excluding tert-OH is 1. The van der Waals surface area contributed by atoms with Gasteiger partial charge in [-0.2, -0.15) is 5.10 Å². The summed E-state index contributed by atoms with van der Waals surface area (Å²) < 4.78 is 1.94. The van der Waals surface area contributed by atoms with Gasteiger partial charge in [-0.3, -0.25) is 4.68 Å². The SMILES string of the molecule is CC(C)[C@@H](CO)NCc1cnn(Cc2ccccc2)c1. The molecular formula is C16H23N3O. The molecule has 20 heavy (non-hydrogen) atoms. The van der Waals surface area contributed by atoms with Gasteiger partial charge in [0.2, 0.25) is 0 Å². The Balaban J connectivity index is 1.89. The van der Waals surface area contributed by atoms with Crippen molar-refractivity contribution >= 4 is 0 Å². The molecule has 0 bridgehead atoms. The fraction of sp³-hybridized carbons (Fsp3) is 0.438. The first-order valence-corrected chi connectivity index (χ1v) is 7.08. The van der Waals surface area contributed by atoms with E-state index in [4.69, 9.17) is 0 Å². The van der Waals surface area contributed by atoms with E-state index in [2.05, 4.69) is 42.6 Å². The fourth-order valence-electron chi connectivity index (χ4n) is 2.11. The third-order valence-electron chi connectivity index (χ3n) is 3.44. The molecule has 0 radical (unpaired) electrons. The summed E-state index contributed by atoms with van der Waals surface area (Å²) in [5, 5.41) is 17.0. The molecule has 0 amide bonds. The second kappa shape index (κ2) is 7.22. The third kappa shape index (κ3) is 4.18. The van der Waals surface area contributed by atoms with Gasteiger partial charge in [-0.15, -0.1) is 0 Å². The van der Waals surface area contributed by atoms with Gasteiger partial charge in [0.1, 0.15) is 0 Å². The topological polar surface area (TPSA) is 50.1 Å². The molecule has 0 unspecified atom stereocenters. The zero-order chi connectivity index (χ0) is 14.4. The van der Waals surface area contributed by atoms with Crippen LogP contribution in [0.1, 0.15) is 25.0 Å². The Labute approximate surface area is 120 Å². The molecule has 0 saturated carbocycles. The molecule has 108 valence electrons. The van der Waals surface area contributed by atoms with E-state index < -0.39 is 0 Å². The van der Waals surface area contributed by atoms with Crippen LogP contribution >= 0.6 is 0 Å². The van der Waals surface area contributed by atoms with Crippen molar-refractivity contribution in [3.63, 3.8) is 0 Å². The van der Waals surface area contributed by atoms with Crippen molar-refractivity contribution in [2.24, 2.45) is 5.92 Å². The van der Waals surface area contributed by atoms with Crippen LogP contribution < -0.4 is 5.32 Å². The Kier molecular flexibility index (Phi) is 5.32. The monoisotopic (exact) mass is 273 g/mol. The second-order valence-corrected chi connectivity index (χ2v) is 5.45. The van der Waals surface area contributed by atoms with Crippen LogP contribution in [0.3, 0.4) is 0 Å². The molecule has 1 aromatic heterocycles. The summed E-state index contributed by atoms with van der Waals surface area (Å²) in [5.41, 5.74) is 2.38. The summed E-state index contributed by atoms with van der Waals surface area (Å²) in [4.78, 5) is 0. The number of hydrogen-bond acceptors (Lipinski definition) is 3. The Morgan fingerprint density at radius 2 is 1.95 bits per heavy atom. The third-order valence-corrected chi connectivity index (χ3v) is 3.44. The van der Waals surface area contributed by atoms with Crippen molar-refractivity contribution in [2.75, 3.05) is 6.61 Å². The molecular weight excluding hydrogens is 250 g/mol. The Hall–Kier alpha value is -1.65. The van der Waals surface area contributed by atoms with Gasteiger partial charge in [0.15, 0.2) is 0 Å². The van der Waals surface area contributed by atoms with Gasteiger partial charge < -0.3 is 10.4 Å². The second-order valence-electron chi connectivity index (χ2n) is 5.45. The van der Waals surface area contributed by atoms with Crippen LogP contribution in [0.15, 0.2) is 42.7 Å². The van der Waals surface area contributed by atoms with Crippen LogP contribution in [0.2, 0.25) is 0 Å². The number of aliphatic hydroxyl groups is 1. The number of benzene rings is 1. The molecule has 2 N–H and O–H groups in total. The van der Waals surface area contributed by atoms with Crippen molar-refractivity contribution in [3.05, 3.63) is 53.9 Å². The lowest BCUT2D eigenvalue weighted by Gasteiger charge is -2.19. The van der Waals surface area contributed by atoms with Gasteiger partial charge >= 0.3 is 0 Å². The number of hydrogen-bond donors (Lipinski definition) is 2. The van der Waals surface area contributed by atoms with E-state index in [9.17, 15) is 5.11 Å². The average molecular weight is 273 g/mol. The average Bonchev–Trinajstić information content (AvgIpc) is 2.88. The van der Waals surface area contributed by atoms with Crippen LogP contribution in [0.25, 0.3) is 0 Å². The molecule has 0 aliphatic heterocycles. The minimum atomic E-state index is 0.132. The Bertz CT molecular complexity index is 507. The minimum absolute atomic E-state index is 0.132. The van der Waals surface area contributed by atoms with Gasteiger partial charge in [-0.25, -0.2) is 0 Å². The lowest BCUT2D eigenvalue weighted by atomic mass is 10.1. The summed E-state index contributed by atoms with van der Waals surface area (Å²) >= 11 is 0. The molecule has 4 heteroatoms. The zero-order valence-corrected chi connectivity index (χ0v) is 12.2. The molecule has 0 spiro atoms. The molecule has 0 fully saturated rings. The van der Waals surface area contributed by atoms with Gasteiger partial charge in [0.25, 0.3) is 0 Å². The Morgan fingerprint density at radius 3 is 2.60 bits per heavy atom. The van der Waals surface area contributed by atoms with Crippen molar-refractivity contribution < 1.29 is 5.11 Å². The summed E-state index contributed by atoms with van der Waals surface area (Å²) in [6, 6.07) is 10.4. The highest BCUT2D eigenvalue weighted by atomic mass is 16.3. The fourth-order valence-corrected chi connectivity index (χ4v) is 2.11. The molecule has 4 nitrogen and oxygen atoms in total. The lowest BCUT2D eigenvalue weighted by Crippen LogP contribution is -2.36. The quantitative estimate of drug-likeness (QED) is 0.811. The highest BCUT2D eigenvalue weighted by Crippen LogP contribution is 2.06. The largest absolute Gasteiger partial charge is 0.395 e. The van der Waals surface area contributed by atoms with Crippen molar-refractivity contribution in [1.29, 1.82) is 0 Å². The van der Waals surface area contributed by atoms with Crippen LogP contribution in [-0.4, -0.2) is 27.5 Å². The first-order chi connectivity index (χ1) is 9.69. The van der Waals surface area contributed by atoms with Crippen LogP contribution in [0, 0.1) is 5.92 Å². The number of nitrogens with one attached hydrogen (secondary N) is 1.